The van der Waals surface area contributed by atoms with E-state index in [-0.39, 0.29) is 0 Å². The van der Waals surface area contributed by atoms with Gasteiger partial charge < -0.3 is 4.48 Å². The summed E-state index contributed by atoms with van der Waals surface area (Å²) in [6, 6.07) is 0. The molecule has 2 heteroatoms. The highest BCUT2D eigenvalue weighted by Crippen LogP contribution is 2.09. The molecule has 1 heterocycles. The quantitative estimate of drug-likeness (QED) is 0.515. The number of hydrogen-bond donors (Lipinski definition) is 0. The molecule has 0 N–H and O–H groups in total. The molecular formula is C8H19N2+. The average Bonchev–Trinajstić information content (AvgIpc) is 2.12. The van der Waals surface area contributed by atoms with Crippen LogP contribution >= 0.6 is 0 Å². The molecule has 0 spiro atoms. The molecule has 2 nitrogen and oxygen atoms in total. The van der Waals surface area contributed by atoms with Gasteiger partial charge in [0.1, 0.15) is 6.67 Å². The maximum atomic E-state index is 2.54. The van der Waals surface area contributed by atoms with Crippen LogP contribution in [0.2, 0.25) is 0 Å². The molecule has 1 saturated heterocycles. The van der Waals surface area contributed by atoms with Crippen molar-refractivity contribution in [1.29, 1.82) is 0 Å². The van der Waals surface area contributed by atoms with E-state index >= 15 is 0 Å². The second-order valence-electron chi connectivity index (χ2n) is 3.92. The molecule has 60 valence electrons. The van der Waals surface area contributed by atoms with Gasteiger partial charge in [-0.25, -0.2) is 0 Å². The van der Waals surface area contributed by atoms with Crippen LogP contribution in [0.3, 0.4) is 0 Å². The first-order valence-electron chi connectivity index (χ1n) is 4.18. The van der Waals surface area contributed by atoms with E-state index < -0.39 is 0 Å². The van der Waals surface area contributed by atoms with Crippen LogP contribution in [0, 0.1) is 0 Å². The van der Waals surface area contributed by atoms with Crippen LogP contribution < -0.4 is 0 Å². The lowest BCUT2D eigenvalue weighted by molar-refractivity contribution is -0.882. The summed E-state index contributed by atoms with van der Waals surface area (Å²) in [7, 11) is 4.60. The minimum atomic E-state index is 1.18. The fraction of sp³-hybridized carbons (Fsp3) is 1.00. The van der Waals surface area contributed by atoms with Crippen LogP contribution in [-0.2, 0) is 0 Å². The van der Waals surface area contributed by atoms with Gasteiger partial charge in [-0.2, -0.15) is 0 Å². The van der Waals surface area contributed by atoms with Gasteiger partial charge in [-0.15, -0.1) is 0 Å². The highest BCUT2D eigenvalue weighted by molar-refractivity contribution is 4.57. The van der Waals surface area contributed by atoms with Crippen molar-refractivity contribution >= 4 is 0 Å². The van der Waals surface area contributed by atoms with Crippen molar-refractivity contribution in [3.05, 3.63) is 0 Å². The van der Waals surface area contributed by atoms with E-state index in [1.165, 1.54) is 37.2 Å². The maximum absolute atomic E-state index is 2.54. The molecule has 0 atom stereocenters. The molecule has 1 aliphatic heterocycles. The molecule has 1 aliphatic rings. The molecule has 10 heavy (non-hydrogen) atoms. The van der Waals surface area contributed by atoms with E-state index in [1.54, 1.807) is 0 Å². The van der Waals surface area contributed by atoms with Crippen LogP contribution in [0.15, 0.2) is 0 Å². The summed E-state index contributed by atoms with van der Waals surface area (Å²) in [6.45, 7) is 7.38. The number of quaternary nitrogens is 1. The second kappa shape index (κ2) is 2.89. The van der Waals surface area contributed by atoms with E-state index in [2.05, 4.69) is 25.9 Å². The van der Waals surface area contributed by atoms with Crippen molar-refractivity contribution in [3.63, 3.8) is 0 Å². The minimum absolute atomic E-state index is 1.18. The molecule has 0 amide bonds. The Morgan fingerprint density at radius 1 is 1.40 bits per heavy atom. The number of likely N-dealkylation sites (N-methyl/N-ethyl adjacent to an activating group) is 1. The van der Waals surface area contributed by atoms with E-state index in [4.69, 9.17) is 0 Å². The van der Waals surface area contributed by atoms with Crippen molar-refractivity contribution in [2.24, 2.45) is 0 Å². The van der Waals surface area contributed by atoms with E-state index in [0.717, 1.165) is 0 Å². The Bertz CT molecular complexity index is 110. The summed E-state index contributed by atoms with van der Waals surface area (Å²) < 4.78 is 1.18. The Hall–Kier alpha value is -0.0800. The Morgan fingerprint density at radius 2 is 2.10 bits per heavy atom. The van der Waals surface area contributed by atoms with Crippen LogP contribution in [-0.4, -0.2) is 49.8 Å². The van der Waals surface area contributed by atoms with Gasteiger partial charge in [-0.05, 0) is 6.42 Å². The summed E-state index contributed by atoms with van der Waals surface area (Å²) in [5, 5.41) is 0. The topological polar surface area (TPSA) is 3.24 Å². The van der Waals surface area contributed by atoms with Gasteiger partial charge in [0.15, 0.2) is 0 Å². The summed E-state index contributed by atoms with van der Waals surface area (Å²) in [5.74, 6) is 0. The summed E-state index contributed by atoms with van der Waals surface area (Å²) in [6.07, 6.45) is 1.29. The Morgan fingerprint density at radius 3 is 2.50 bits per heavy atom. The van der Waals surface area contributed by atoms with Gasteiger partial charge in [0.05, 0.1) is 27.2 Å². The van der Waals surface area contributed by atoms with Gasteiger partial charge in [0, 0.05) is 6.54 Å². The maximum Gasteiger partial charge on any atom is 0.134 e. The third-order valence-corrected chi connectivity index (χ3v) is 2.14. The Balaban J connectivity index is 2.29. The predicted molar refractivity (Wildman–Crippen MR) is 43.7 cm³/mol. The molecule has 1 fully saturated rings. The number of hydrogen-bond acceptors (Lipinski definition) is 1. The normalized spacial score (nSPS) is 25.5. The third kappa shape index (κ3) is 1.96. The van der Waals surface area contributed by atoms with Gasteiger partial charge >= 0.3 is 0 Å². The average molecular weight is 143 g/mol. The SMILES string of the molecule is CCCN1CC[N+](C)(C)C1. The van der Waals surface area contributed by atoms with Crippen molar-refractivity contribution < 1.29 is 4.48 Å². The molecular weight excluding hydrogens is 124 g/mol. The van der Waals surface area contributed by atoms with Crippen molar-refractivity contribution in [2.75, 3.05) is 40.4 Å². The molecule has 0 bridgehead atoms. The molecule has 0 aromatic rings. The zero-order valence-electron chi connectivity index (χ0n) is 7.43. The van der Waals surface area contributed by atoms with Gasteiger partial charge in [0.25, 0.3) is 0 Å². The Labute approximate surface area is 64.0 Å². The molecule has 0 radical (unpaired) electrons. The molecule has 0 aromatic carbocycles. The minimum Gasteiger partial charge on any atom is -0.315 e. The van der Waals surface area contributed by atoms with E-state index in [1.807, 2.05) is 0 Å². The predicted octanol–water partition coefficient (Wildman–Crippen LogP) is 0.746. The molecule has 1 rings (SSSR count). The smallest absolute Gasteiger partial charge is 0.134 e. The van der Waals surface area contributed by atoms with Crippen LogP contribution in [0.4, 0.5) is 0 Å². The fourth-order valence-electron chi connectivity index (χ4n) is 1.59. The first kappa shape index (κ1) is 8.02. The van der Waals surface area contributed by atoms with Crippen LogP contribution in [0.25, 0.3) is 0 Å². The first-order valence-corrected chi connectivity index (χ1v) is 4.18. The zero-order chi connectivity index (χ0) is 7.61. The molecule has 0 unspecified atom stereocenters. The highest BCUT2D eigenvalue weighted by Gasteiger charge is 2.26. The van der Waals surface area contributed by atoms with Crippen molar-refractivity contribution in [2.45, 2.75) is 13.3 Å². The van der Waals surface area contributed by atoms with E-state index in [0.29, 0.717) is 0 Å². The van der Waals surface area contributed by atoms with Gasteiger partial charge in [0.2, 0.25) is 0 Å². The lowest BCUT2D eigenvalue weighted by Crippen LogP contribution is -2.38. The van der Waals surface area contributed by atoms with Gasteiger partial charge in [-0.3, -0.25) is 4.90 Å². The standard InChI is InChI=1S/C8H19N2/c1-4-5-9-6-7-10(2,3)8-9/h4-8H2,1-3H3/q+1. The van der Waals surface area contributed by atoms with Gasteiger partial charge in [-0.1, -0.05) is 6.92 Å². The van der Waals surface area contributed by atoms with E-state index in [9.17, 15) is 0 Å². The highest BCUT2D eigenvalue weighted by atomic mass is 15.5. The third-order valence-electron chi connectivity index (χ3n) is 2.14. The second-order valence-corrected chi connectivity index (χ2v) is 3.92. The summed E-state index contributed by atoms with van der Waals surface area (Å²) in [4.78, 5) is 2.54. The molecule has 0 saturated carbocycles. The summed E-state index contributed by atoms with van der Waals surface area (Å²) >= 11 is 0. The van der Waals surface area contributed by atoms with Crippen LogP contribution in [0.5, 0.6) is 0 Å². The Kier molecular flexibility index (Phi) is 2.32. The number of rotatable bonds is 2. The number of nitrogens with zero attached hydrogens (tertiary/aromatic N) is 2. The monoisotopic (exact) mass is 143 g/mol. The molecule has 0 aromatic heterocycles. The largest absolute Gasteiger partial charge is 0.315 e. The first-order chi connectivity index (χ1) is 4.64. The van der Waals surface area contributed by atoms with Crippen LogP contribution in [0.1, 0.15) is 13.3 Å². The molecule has 0 aliphatic carbocycles. The fourth-order valence-corrected chi connectivity index (χ4v) is 1.59. The van der Waals surface area contributed by atoms with Crippen molar-refractivity contribution in [1.82, 2.24) is 4.90 Å². The zero-order valence-corrected chi connectivity index (χ0v) is 7.43. The van der Waals surface area contributed by atoms with Crippen molar-refractivity contribution in [3.8, 4) is 0 Å². The lowest BCUT2D eigenvalue weighted by Gasteiger charge is -2.23. The lowest BCUT2D eigenvalue weighted by atomic mass is 10.4. The summed E-state index contributed by atoms with van der Waals surface area (Å²) in [5.41, 5.74) is 0.